The number of aromatic nitrogens is 4. The maximum atomic E-state index is 11.4. The number of carbonyl (C=O) groups is 1. The van der Waals surface area contributed by atoms with Gasteiger partial charge in [-0.1, -0.05) is 11.6 Å². The van der Waals surface area contributed by atoms with E-state index in [4.69, 9.17) is 11.6 Å². The minimum absolute atomic E-state index is 0.285. The van der Waals surface area contributed by atoms with E-state index in [2.05, 4.69) is 19.8 Å². The number of methoxy groups -OCH3 is 1. The first kappa shape index (κ1) is 12.1. The highest BCUT2D eigenvalue weighted by atomic mass is 35.5. The van der Waals surface area contributed by atoms with Crippen LogP contribution in [0.15, 0.2) is 24.8 Å². The van der Waals surface area contributed by atoms with Crippen molar-refractivity contribution in [3.05, 3.63) is 34.8 Å². The highest BCUT2D eigenvalue weighted by Gasteiger charge is 2.15. The molecule has 3 aromatic rings. The Hall–Kier alpha value is -1.99. The van der Waals surface area contributed by atoms with Crippen molar-refractivity contribution in [2.45, 2.75) is 0 Å². The van der Waals surface area contributed by atoms with Gasteiger partial charge in [-0.3, -0.25) is 4.98 Å². The molecule has 19 heavy (non-hydrogen) atoms. The van der Waals surface area contributed by atoms with Gasteiger partial charge in [0.15, 0.2) is 0 Å². The molecule has 0 aliphatic carbocycles. The van der Waals surface area contributed by atoms with E-state index in [1.165, 1.54) is 18.4 Å². The fourth-order valence-electron chi connectivity index (χ4n) is 1.62. The summed E-state index contributed by atoms with van der Waals surface area (Å²) in [6, 6.07) is 0. The maximum absolute atomic E-state index is 11.4. The van der Waals surface area contributed by atoms with Crippen LogP contribution in [0, 0.1) is 0 Å². The van der Waals surface area contributed by atoms with Crippen LogP contribution in [0.25, 0.3) is 16.1 Å². The molecule has 96 valence electrons. The molecule has 0 atom stereocenters. The molecule has 0 bridgehead atoms. The number of carbonyl (C=O) groups excluding carboxylic acids is 1. The molecule has 0 aromatic carbocycles. The minimum atomic E-state index is -0.463. The number of ether oxygens (including phenoxy) is 1. The molecule has 0 fully saturated rings. The number of thiazole rings is 1. The molecule has 8 heteroatoms. The first-order valence-corrected chi connectivity index (χ1v) is 6.42. The van der Waals surface area contributed by atoms with Crippen LogP contribution >= 0.6 is 22.9 Å². The van der Waals surface area contributed by atoms with Gasteiger partial charge in [-0.05, 0) is 0 Å². The first-order valence-electron chi connectivity index (χ1n) is 5.22. The number of nitrogens with zero attached hydrogens (tertiary/aromatic N) is 4. The molecular formula is C11H7ClN4O2S. The number of fused-ring (bicyclic) bond motifs is 1. The second kappa shape index (κ2) is 4.60. The van der Waals surface area contributed by atoms with Crippen LogP contribution in [0.1, 0.15) is 9.80 Å². The smallest absolute Gasteiger partial charge is 0.367 e. The van der Waals surface area contributed by atoms with Gasteiger partial charge in [-0.15, -0.1) is 11.3 Å². The third kappa shape index (κ3) is 1.96. The Kier molecular flexibility index (Phi) is 2.92. The van der Waals surface area contributed by atoms with Crippen molar-refractivity contribution in [2.24, 2.45) is 0 Å². The van der Waals surface area contributed by atoms with E-state index in [0.29, 0.717) is 10.5 Å². The summed E-state index contributed by atoms with van der Waals surface area (Å²) >= 11 is 7.21. The van der Waals surface area contributed by atoms with Crippen LogP contribution < -0.4 is 0 Å². The average Bonchev–Trinajstić information content (AvgIpc) is 3.05. The Balaban J connectivity index is 2.14. The third-order valence-electron chi connectivity index (χ3n) is 2.50. The standard InChI is InChI=1S/C11H7ClN4O2S/c1-18-11(17)10-14-5-9(19-10)8-4-13-3-7-6(12)2-15-16(7)8/h2-5H,1H3. The summed E-state index contributed by atoms with van der Waals surface area (Å²) in [4.78, 5) is 20.3. The van der Waals surface area contributed by atoms with Crippen LogP contribution in [0.3, 0.4) is 0 Å². The molecule has 0 aliphatic heterocycles. The highest BCUT2D eigenvalue weighted by Crippen LogP contribution is 2.28. The zero-order valence-electron chi connectivity index (χ0n) is 9.70. The quantitative estimate of drug-likeness (QED) is 0.678. The van der Waals surface area contributed by atoms with E-state index in [1.807, 2.05) is 0 Å². The van der Waals surface area contributed by atoms with Crippen LogP contribution in [0.2, 0.25) is 5.02 Å². The van der Waals surface area contributed by atoms with E-state index in [-0.39, 0.29) is 5.01 Å². The third-order valence-corrected chi connectivity index (χ3v) is 3.79. The summed E-state index contributed by atoms with van der Waals surface area (Å²) < 4.78 is 6.28. The van der Waals surface area contributed by atoms with Gasteiger partial charge in [-0.25, -0.2) is 14.3 Å². The lowest BCUT2D eigenvalue weighted by Gasteiger charge is -2.00. The second-order valence-corrected chi connectivity index (χ2v) is 5.04. The summed E-state index contributed by atoms with van der Waals surface area (Å²) in [7, 11) is 1.32. The van der Waals surface area contributed by atoms with Gasteiger partial charge in [0.2, 0.25) is 5.01 Å². The fraction of sp³-hybridized carbons (Fsp3) is 0.0909. The Morgan fingerprint density at radius 1 is 1.37 bits per heavy atom. The molecule has 0 N–H and O–H groups in total. The molecular weight excluding hydrogens is 288 g/mol. The van der Waals surface area contributed by atoms with E-state index >= 15 is 0 Å². The van der Waals surface area contributed by atoms with E-state index in [9.17, 15) is 4.79 Å². The highest BCUT2D eigenvalue weighted by molar-refractivity contribution is 7.16. The summed E-state index contributed by atoms with van der Waals surface area (Å²) in [6.45, 7) is 0. The van der Waals surface area contributed by atoms with E-state index in [0.717, 1.165) is 10.6 Å². The molecule has 6 nitrogen and oxygen atoms in total. The average molecular weight is 295 g/mol. The lowest BCUT2D eigenvalue weighted by atomic mass is 10.4. The molecule has 0 saturated carbocycles. The van der Waals surface area contributed by atoms with Crippen LogP contribution in [0.4, 0.5) is 0 Å². The van der Waals surface area contributed by atoms with Crippen LogP contribution in [0.5, 0.6) is 0 Å². The van der Waals surface area contributed by atoms with Gasteiger partial charge in [0.1, 0.15) is 11.2 Å². The number of halogens is 1. The number of rotatable bonds is 2. The molecule has 0 spiro atoms. The maximum Gasteiger partial charge on any atom is 0.367 e. The SMILES string of the molecule is COC(=O)c1ncc(-c2cncc3c(Cl)cnn23)s1. The van der Waals surface area contributed by atoms with Gasteiger partial charge in [-0.2, -0.15) is 5.10 Å². The van der Waals surface area contributed by atoms with Crippen LogP contribution in [-0.4, -0.2) is 32.7 Å². The summed E-state index contributed by atoms with van der Waals surface area (Å²) in [5.41, 5.74) is 1.42. The monoisotopic (exact) mass is 294 g/mol. The van der Waals surface area contributed by atoms with Crippen molar-refractivity contribution < 1.29 is 9.53 Å². The Labute approximate surface area is 116 Å². The largest absolute Gasteiger partial charge is 0.464 e. The van der Waals surface area contributed by atoms with E-state index in [1.54, 1.807) is 29.3 Å². The molecule has 0 amide bonds. The Bertz CT molecular complexity index is 767. The number of hydrogen-bond donors (Lipinski definition) is 0. The van der Waals surface area contributed by atoms with Gasteiger partial charge in [0.05, 0.1) is 35.6 Å². The zero-order valence-corrected chi connectivity index (χ0v) is 11.3. The summed E-state index contributed by atoms with van der Waals surface area (Å²) in [5.74, 6) is -0.463. The van der Waals surface area contributed by atoms with Crippen molar-refractivity contribution in [3.63, 3.8) is 0 Å². The molecule has 0 aliphatic rings. The molecule has 3 rings (SSSR count). The lowest BCUT2D eigenvalue weighted by molar-refractivity contribution is 0.0600. The molecule has 3 heterocycles. The Morgan fingerprint density at radius 3 is 3.00 bits per heavy atom. The van der Waals surface area contributed by atoms with Crippen molar-refractivity contribution in [3.8, 4) is 10.6 Å². The van der Waals surface area contributed by atoms with Crippen molar-refractivity contribution in [2.75, 3.05) is 7.11 Å². The predicted molar refractivity (Wildman–Crippen MR) is 70.4 cm³/mol. The second-order valence-electron chi connectivity index (χ2n) is 3.60. The van der Waals surface area contributed by atoms with Gasteiger partial charge in [0, 0.05) is 6.20 Å². The van der Waals surface area contributed by atoms with Gasteiger partial charge >= 0.3 is 5.97 Å². The summed E-state index contributed by atoms with van der Waals surface area (Å²) in [6.07, 6.45) is 6.40. The molecule has 0 radical (unpaired) electrons. The normalized spacial score (nSPS) is 10.8. The summed E-state index contributed by atoms with van der Waals surface area (Å²) in [5, 5.41) is 4.98. The molecule has 0 unspecified atom stereocenters. The first-order chi connectivity index (χ1) is 9.20. The van der Waals surface area contributed by atoms with Crippen LogP contribution in [-0.2, 0) is 4.74 Å². The molecule has 0 saturated heterocycles. The van der Waals surface area contributed by atoms with E-state index < -0.39 is 5.97 Å². The van der Waals surface area contributed by atoms with Crippen molar-refractivity contribution in [1.29, 1.82) is 0 Å². The minimum Gasteiger partial charge on any atom is -0.464 e. The topological polar surface area (TPSA) is 69.4 Å². The molecule has 3 aromatic heterocycles. The van der Waals surface area contributed by atoms with Crippen molar-refractivity contribution >= 4 is 34.4 Å². The number of esters is 1. The Morgan fingerprint density at radius 2 is 2.21 bits per heavy atom. The van der Waals surface area contributed by atoms with Gasteiger partial charge < -0.3 is 4.74 Å². The zero-order chi connectivity index (χ0) is 13.4. The number of hydrogen-bond acceptors (Lipinski definition) is 6. The van der Waals surface area contributed by atoms with Crippen molar-refractivity contribution in [1.82, 2.24) is 19.6 Å². The van der Waals surface area contributed by atoms with Gasteiger partial charge in [0.25, 0.3) is 0 Å². The predicted octanol–water partition coefficient (Wildman–Crippen LogP) is 2.29. The lowest BCUT2D eigenvalue weighted by Crippen LogP contribution is -1.99. The fourth-order valence-corrected chi connectivity index (χ4v) is 2.62.